The number of hydrogen-bond acceptors (Lipinski definition) is 3. The molecule has 27 heavy (non-hydrogen) atoms. The Morgan fingerprint density at radius 3 is 2.74 bits per heavy atom. The van der Waals surface area contributed by atoms with E-state index in [2.05, 4.69) is 33.9 Å². The molecule has 1 aliphatic heterocycles. The molecule has 3 rings (SSSR count). The molecule has 0 aromatic heterocycles. The van der Waals surface area contributed by atoms with Crippen molar-refractivity contribution in [2.24, 2.45) is 10.9 Å². The molecule has 1 aliphatic carbocycles. The number of amides is 1. The van der Waals surface area contributed by atoms with Gasteiger partial charge in [-0.2, -0.15) is 11.8 Å². The van der Waals surface area contributed by atoms with Crippen LogP contribution in [-0.2, 0) is 11.3 Å². The van der Waals surface area contributed by atoms with Crippen LogP contribution in [0.5, 0.6) is 0 Å². The average molecular weight is 502 g/mol. The molecule has 1 atom stereocenters. The summed E-state index contributed by atoms with van der Waals surface area (Å²) in [6.07, 6.45) is 5.77. The third kappa shape index (κ3) is 6.55. The van der Waals surface area contributed by atoms with Gasteiger partial charge < -0.3 is 16.0 Å². The molecule has 1 aromatic rings. The van der Waals surface area contributed by atoms with Gasteiger partial charge in [-0.25, -0.2) is 0 Å². The topological polar surface area (TPSA) is 65.5 Å². The summed E-state index contributed by atoms with van der Waals surface area (Å²) in [5.41, 5.74) is 2.00. The van der Waals surface area contributed by atoms with Crippen LogP contribution in [0.25, 0.3) is 0 Å². The van der Waals surface area contributed by atoms with E-state index < -0.39 is 0 Å². The first-order chi connectivity index (χ1) is 12.6. The van der Waals surface area contributed by atoms with E-state index in [1.54, 1.807) is 7.05 Å². The average Bonchev–Trinajstić information content (AvgIpc) is 3.00. The zero-order valence-corrected chi connectivity index (χ0v) is 19.4. The lowest BCUT2D eigenvalue weighted by atomic mass is 9.85. The largest absolute Gasteiger partial charge is 0.355 e. The van der Waals surface area contributed by atoms with Crippen LogP contribution in [0.2, 0.25) is 0 Å². The van der Waals surface area contributed by atoms with E-state index in [0.717, 1.165) is 36.6 Å². The standard InChI is InChI=1S/C20H30N4OS.HI/c1-20(10-5-11-26-20)14-23-19(21-2)22-13-15-6-3-9-17(12-15)24-18(25)16-7-4-8-16;/h3,6,9,12,16H,4-5,7-8,10-11,13-14H2,1-2H3,(H,24,25)(H2,21,22,23);1H. The maximum absolute atomic E-state index is 12.1. The fourth-order valence-electron chi connectivity index (χ4n) is 3.33. The summed E-state index contributed by atoms with van der Waals surface area (Å²) < 4.78 is 0.309. The highest BCUT2D eigenvalue weighted by molar-refractivity contribution is 14.0. The van der Waals surface area contributed by atoms with Crippen LogP contribution in [0.1, 0.15) is 44.6 Å². The van der Waals surface area contributed by atoms with Crippen LogP contribution >= 0.6 is 35.7 Å². The molecular formula is C20H31IN4OS. The fraction of sp³-hybridized carbons (Fsp3) is 0.600. The Balaban J connectivity index is 0.00000261. The number of aliphatic imine (C=N–C) groups is 1. The van der Waals surface area contributed by atoms with Gasteiger partial charge in [0.05, 0.1) is 0 Å². The predicted octanol–water partition coefficient (Wildman–Crippen LogP) is 3.99. The van der Waals surface area contributed by atoms with Crippen molar-refractivity contribution in [3.8, 4) is 0 Å². The van der Waals surface area contributed by atoms with Crippen LogP contribution in [0.4, 0.5) is 5.69 Å². The van der Waals surface area contributed by atoms with Crippen molar-refractivity contribution in [3.63, 3.8) is 0 Å². The number of nitrogens with zero attached hydrogens (tertiary/aromatic N) is 1. The minimum Gasteiger partial charge on any atom is -0.355 e. The number of nitrogens with one attached hydrogen (secondary N) is 3. The normalized spacial score (nSPS) is 22.5. The van der Waals surface area contributed by atoms with Crippen molar-refractivity contribution in [1.29, 1.82) is 0 Å². The minimum absolute atomic E-state index is 0. The van der Waals surface area contributed by atoms with Crippen LogP contribution in [0.15, 0.2) is 29.3 Å². The molecule has 2 aliphatic rings. The van der Waals surface area contributed by atoms with Gasteiger partial charge in [0, 0.05) is 36.5 Å². The second-order valence-corrected chi connectivity index (χ2v) is 9.18. The maximum Gasteiger partial charge on any atom is 0.227 e. The summed E-state index contributed by atoms with van der Waals surface area (Å²) in [6, 6.07) is 8.03. The van der Waals surface area contributed by atoms with Crippen LogP contribution in [-0.4, -0.2) is 36.0 Å². The quantitative estimate of drug-likeness (QED) is 0.313. The Hall–Kier alpha value is -0.960. The molecule has 150 valence electrons. The van der Waals surface area contributed by atoms with E-state index in [9.17, 15) is 4.79 Å². The Bertz CT molecular complexity index is 657. The van der Waals surface area contributed by atoms with E-state index in [0.29, 0.717) is 11.3 Å². The van der Waals surface area contributed by atoms with Gasteiger partial charge in [-0.05, 0) is 56.1 Å². The summed E-state index contributed by atoms with van der Waals surface area (Å²) in [6.45, 7) is 3.92. The molecule has 3 N–H and O–H groups in total. The highest BCUT2D eigenvalue weighted by Crippen LogP contribution is 2.36. The van der Waals surface area contributed by atoms with Gasteiger partial charge in [-0.1, -0.05) is 18.6 Å². The number of thioether (sulfide) groups is 1. The monoisotopic (exact) mass is 502 g/mol. The Kier molecular flexibility index (Phi) is 8.72. The van der Waals surface area contributed by atoms with E-state index in [4.69, 9.17) is 0 Å². The molecular weight excluding hydrogens is 471 g/mol. The number of benzene rings is 1. The lowest BCUT2D eigenvalue weighted by molar-refractivity contribution is -0.122. The van der Waals surface area contributed by atoms with E-state index >= 15 is 0 Å². The second-order valence-electron chi connectivity index (χ2n) is 7.50. The van der Waals surface area contributed by atoms with Crippen molar-refractivity contribution in [2.45, 2.75) is 50.3 Å². The number of hydrogen-bond donors (Lipinski definition) is 3. The van der Waals surface area contributed by atoms with Crippen LogP contribution < -0.4 is 16.0 Å². The second kappa shape index (κ2) is 10.5. The van der Waals surface area contributed by atoms with Crippen molar-refractivity contribution in [1.82, 2.24) is 10.6 Å². The molecule has 7 heteroatoms. The number of carbonyl (C=O) groups is 1. The first-order valence-electron chi connectivity index (χ1n) is 9.56. The first-order valence-corrected chi connectivity index (χ1v) is 10.5. The van der Waals surface area contributed by atoms with Crippen molar-refractivity contribution >= 4 is 53.3 Å². The van der Waals surface area contributed by atoms with E-state index in [1.165, 1.54) is 25.0 Å². The van der Waals surface area contributed by atoms with E-state index in [1.807, 2.05) is 30.0 Å². The maximum atomic E-state index is 12.1. The number of carbonyl (C=O) groups excluding carboxylic acids is 1. The lowest BCUT2D eigenvalue weighted by Crippen LogP contribution is -2.43. The summed E-state index contributed by atoms with van der Waals surface area (Å²) in [5, 5.41) is 9.85. The smallest absolute Gasteiger partial charge is 0.227 e. The predicted molar refractivity (Wildman–Crippen MR) is 126 cm³/mol. The van der Waals surface area contributed by atoms with Gasteiger partial charge in [-0.15, -0.1) is 24.0 Å². The van der Waals surface area contributed by atoms with Crippen molar-refractivity contribution in [2.75, 3.05) is 24.7 Å². The van der Waals surface area contributed by atoms with Crippen LogP contribution in [0.3, 0.4) is 0 Å². The zero-order chi connectivity index (χ0) is 18.4. The fourth-order valence-corrected chi connectivity index (χ4v) is 4.57. The summed E-state index contributed by atoms with van der Waals surface area (Å²) in [4.78, 5) is 16.4. The molecule has 1 aromatic carbocycles. The summed E-state index contributed by atoms with van der Waals surface area (Å²) >= 11 is 2.04. The zero-order valence-electron chi connectivity index (χ0n) is 16.2. The highest BCUT2D eigenvalue weighted by Gasteiger charge is 2.29. The molecule has 0 radical (unpaired) electrons. The molecule has 2 fully saturated rings. The molecule has 1 amide bonds. The minimum atomic E-state index is 0. The third-order valence-corrected chi connectivity index (χ3v) is 6.82. The van der Waals surface area contributed by atoms with Crippen LogP contribution in [0, 0.1) is 5.92 Å². The van der Waals surface area contributed by atoms with Gasteiger partial charge in [0.15, 0.2) is 5.96 Å². The third-order valence-electron chi connectivity index (χ3n) is 5.28. The molecule has 1 heterocycles. The van der Waals surface area contributed by atoms with Gasteiger partial charge in [0.2, 0.25) is 5.91 Å². The van der Waals surface area contributed by atoms with Gasteiger partial charge in [0.25, 0.3) is 0 Å². The van der Waals surface area contributed by atoms with Crippen molar-refractivity contribution in [3.05, 3.63) is 29.8 Å². The molecule has 1 saturated heterocycles. The highest BCUT2D eigenvalue weighted by atomic mass is 127. The van der Waals surface area contributed by atoms with Gasteiger partial charge >= 0.3 is 0 Å². The lowest BCUT2D eigenvalue weighted by Gasteiger charge is -2.24. The van der Waals surface area contributed by atoms with Crippen molar-refractivity contribution < 1.29 is 4.79 Å². The van der Waals surface area contributed by atoms with E-state index in [-0.39, 0.29) is 35.8 Å². The SMILES string of the molecule is CN=C(NCc1cccc(NC(=O)C2CCC2)c1)NCC1(C)CCCS1.I. The number of rotatable bonds is 6. The molecule has 0 spiro atoms. The molecule has 1 saturated carbocycles. The Morgan fingerprint density at radius 2 is 2.11 bits per heavy atom. The first kappa shape index (κ1) is 22.3. The summed E-state index contributed by atoms with van der Waals surface area (Å²) in [5.74, 6) is 2.43. The molecule has 0 bridgehead atoms. The molecule has 1 unspecified atom stereocenters. The number of halogens is 1. The van der Waals surface area contributed by atoms with Gasteiger partial charge in [-0.3, -0.25) is 9.79 Å². The summed E-state index contributed by atoms with van der Waals surface area (Å²) in [7, 11) is 1.80. The molecule has 5 nitrogen and oxygen atoms in total. The number of anilines is 1. The van der Waals surface area contributed by atoms with Gasteiger partial charge in [0.1, 0.15) is 0 Å². The Labute approximate surface area is 184 Å². The number of guanidine groups is 1. The Morgan fingerprint density at radius 1 is 1.30 bits per heavy atom.